The van der Waals surface area contributed by atoms with E-state index in [1.807, 2.05) is 39.9 Å². The van der Waals surface area contributed by atoms with E-state index < -0.39 is 117 Å². The molecule has 0 aliphatic carbocycles. The zero-order chi connectivity index (χ0) is 33.8. The Balaban J connectivity index is 0.000000385. The normalized spacial score (nSPS) is 9.57. The summed E-state index contributed by atoms with van der Waals surface area (Å²) in [5.74, 6) is -5.26. The minimum absolute atomic E-state index is 0. The average molecular weight is 852 g/mol. The monoisotopic (exact) mass is 852 g/mol. The van der Waals surface area contributed by atoms with Crippen molar-refractivity contribution in [2.75, 3.05) is 0 Å². The maximum absolute atomic E-state index is 11.6. The van der Waals surface area contributed by atoms with Gasteiger partial charge in [-0.25, -0.2) is 9.59 Å². The van der Waals surface area contributed by atoms with Gasteiger partial charge in [0.2, 0.25) is 0 Å². The predicted molar refractivity (Wildman–Crippen MR) is 142 cm³/mol. The summed E-state index contributed by atoms with van der Waals surface area (Å²) >= 11 is -2.71. The van der Waals surface area contributed by atoms with E-state index in [-0.39, 0.29) is 23.1 Å². The number of hydrogen-bond acceptors (Lipinski definition) is 16. The molecule has 24 nitrogen and oxygen atoms in total. The fourth-order valence-corrected chi connectivity index (χ4v) is 4.13. The molecule has 0 saturated heterocycles. The molecule has 4 aromatic heterocycles. The van der Waals surface area contributed by atoms with Crippen LogP contribution in [0.5, 0.6) is 0 Å². The van der Waals surface area contributed by atoms with Gasteiger partial charge in [0.15, 0.2) is 0 Å². The van der Waals surface area contributed by atoms with Crippen molar-refractivity contribution in [1.29, 1.82) is 0 Å². The molecular formula is C20H12MgN8O16Pb. The molecule has 0 aliphatic rings. The second-order valence-electron chi connectivity index (χ2n) is 7.44. The zero-order valence-electron chi connectivity index (χ0n) is 22.0. The number of carboxylic acid groups (broad SMARTS) is 2. The number of nitrogens with one attached hydrogen (secondary N) is 8. The molecule has 4 heterocycles. The van der Waals surface area contributed by atoms with E-state index in [1.165, 1.54) is 0 Å². The summed E-state index contributed by atoms with van der Waals surface area (Å²) in [4.78, 5) is 144. The summed E-state index contributed by atoms with van der Waals surface area (Å²) in [6.07, 6.45) is 0. The summed E-state index contributed by atoms with van der Waals surface area (Å²) in [6.45, 7) is 0. The number of carbonyl (C=O) groups excluding carboxylic acids is 4. The van der Waals surface area contributed by atoms with Gasteiger partial charge in [0.25, 0.3) is 11.1 Å². The fraction of sp³-hybridized carbons (Fsp3) is 0. The van der Waals surface area contributed by atoms with Crippen molar-refractivity contribution in [3.8, 4) is 0 Å². The van der Waals surface area contributed by atoms with Gasteiger partial charge in [0, 0.05) is 12.1 Å². The molecule has 0 saturated carbocycles. The second-order valence-corrected chi connectivity index (χ2v) is 9.68. The van der Waals surface area contributed by atoms with Crippen molar-refractivity contribution in [3.63, 3.8) is 0 Å². The van der Waals surface area contributed by atoms with Gasteiger partial charge in [-0.3, -0.25) is 19.6 Å². The predicted octanol–water partition coefficient (Wildman–Crippen LogP) is -8.54. The van der Waals surface area contributed by atoms with Crippen LogP contribution < -0.4 is 55.2 Å². The molecular weight excluding hydrogens is 840 g/mol. The van der Waals surface area contributed by atoms with E-state index in [4.69, 9.17) is 5.37 Å². The number of aromatic amines is 8. The Morgan fingerprint density at radius 1 is 0.457 bits per heavy atom. The van der Waals surface area contributed by atoms with Gasteiger partial charge in [-0.2, -0.15) is 0 Å². The van der Waals surface area contributed by atoms with Crippen LogP contribution in [0.25, 0.3) is 0 Å². The molecule has 2 radical (unpaired) electrons. The van der Waals surface area contributed by atoms with Crippen LogP contribution in [0.1, 0.15) is 42.0 Å². The van der Waals surface area contributed by atoms with Crippen molar-refractivity contribution in [2.45, 2.75) is 0 Å². The zero-order valence-corrected chi connectivity index (χ0v) is 27.4. The molecule has 4 aromatic rings. The van der Waals surface area contributed by atoms with Crippen molar-refractivity contribution in [2.24, 2.45) is 0 Å². The van der Waals surface area contributed by atoms with Gasteiger partial charge in [0.1, 0.15) is 0 Å². The number of aromatic nitrogens is 8. The smallest absolute Gasteiger partial charge is 2.00 e. The van der Waals surface area contributed by atoms with Gasteiger partial charge >= 0.3 is 172 Å². The third kappa shape index (κ3) is 12.9. The van der Waals surface area contributed by atoms with Gasteiger partial charge in [-0.1, -0.05) is 0 Å². The summed E-state index contributed by atoms with van der Waals surface area (Å²) < 4.78 is 9.40. The molecule has 4 rings (SSSR count). The Morgan fingerprint density at radius 2 is 0.696 bits per heavy atom. The van der Waals surface area contributed by atoms with Crippen LogP contribution in [0.3, 0.4) is 0 Å². The van der Waals surface area contributed by atoms with Gasteiger partial charge in [0.05, 0.1) is 23.3 Å². The molecule has 0 spiro atoms. The average Bonchev–Trinajstić information content (AvgIpc) is 2.91. The Kier molecular flexibility index (Phi) is 14.6. The Bertz CT molecular complexity index is 1970. The van der Waals surface area contributed by atoms with E-state index in [0.717, 1.165) is 24.3 Å². The van der Waals surface area contributed by atoms with Crippen LogP contribution in [-0.2, 0) is 5.37 Å². The first-order valence-electron chi connectivity index (χ1n) is 11.0. The maximum Gasteiger partial charge on any atom is 2.00 e. The Hall–Kier alpha value is -5.71. The Morgan fingerprint density at radius 3 is 0.935 bits per heavy atom. The van der Waals surface area contributed by atoms with E-state index >= 15 is 0 Å². The van der Waals surface area contributed by atoms with Crippen molar-refractivity contribution >= 4 is 72.1 Å². The van der Waals surface area contributed by atoms with Crippen LogP contribution in [0.15, 0.2) is 62.6 Å². The van der Waals surface area contributed by atoms with Crippen molar-refractivity contribution in [3.05, 3.63) is 130 Å². The van der Waals surface area contributed by atoms with Crippen LogP contribution in [-0.4, -0.2) is 112 Å². The summed E-state index contributed by atoms with van der Waals surface area (Å²) in [5, 5.41) is 20.1. The van der Waals surface area contributed by atoms with Gasteiger partial charge < -0.3 is 29.8 Å². The number of H-pyrrole nitrogens is 8. The quantitative estimate of drug-likeness (QED) is 0.0835. The molecule has 0 unspecified atom stereocenters. The molecule has 8 N–H and O–H groups in total. The van der Waals surface area contributed by atoms with Gasteiger partial charge in [-0.05, 0) is 0 Å². The summed E-state index contributed by atoms with van der Waals surface area (Å²) in [5.41, 5.74) is -8.50. The fourth-order valence-electron chi connectivity index (χ4n) is 2.52. The molecule has 46 heavy (non-hydrogen) atoms. The number of rotatable bonds is 6. The molecule has 0 atom stereocenters. The Labute approximate surface area is 276 Å². The van der Waals surface area contributed by atoms with Crippen LogP contribution in [0.4, 0.5) is 0 Å². The van der Waals surface area contributed by atoms with Gasteiger partial charge in [-0.15, -0.1) is 0 Å². The first-order valence-corrected chi connectivity index (χ1v) is 14.2. The molecule has 0 bridgehead atoms. The maximum atomic E-state index is 11.6. The summed E-state index contributed by atoms with van der Waals surface area (Å²) in [7, 11) is 0. The van der Waals surface area contributed by atoms with Crippen molar-refractivity contribution < 1.29 is 34.8 Å². The standard InChI is InChI=1S/4C5H4N2O4.Mg.Pb/c4*8-3-1-2(4(9)10)6-5(11)7-3;;/h4*1H,(H,9,10)(H2,6,7,8,11);;/q;;;;2*+2/p-4. The molecule has 234 valence electrons. The first kappa shape index (κ1) is 38.3. The molecule has 0 fully saturated rings. The molecule has 0 aliphatic heterocycles. The van der Waals surface area contributed by atoms with Crippen LogP contribution in [0, 0.1) is 0 Å². The number of hydrogen-bond donors (Lipinski definition) is 8. The van der Waals surface area contributed by atoms with E-state index in [9.17, 15) is 67.7 Å². The molecule has 0 aromatic carbocycles. The van der Waals surface area contributed by atoms with Crippen LogP contribution >= 0.6 is 0 Å². The minimum Gasteiger partial charge on any atom is 2.00 e. The summed E-state index contributed by atoms with van der Waals surface area (Å²) in [6, 6.07) is 3.08. The second kappa shape index (κ2) is 17.5. The molecule has 26 heteroatoms. The largest absolute Gasteiger partial charge is 2.00 e. The minimum atomic E-state index is -2.71. The number of carbonyl (C=O) groups is 4. The third-order valence-corrected chi connectivity index (χ3v) is 6.28. The number of carboxylic acids is 2. The topological polar surface area (TPSA) is 396 Å². The van der Waals surface area contributed by atoms with E-state index in [0.29, 0.717) is 0 Å². The molecule has 0 amide bonds. The third-order valence-electron chi connectivity index (χ3n) is 4.19. The van der Waals surface area contributed by atoms with Crippen molar-refractivity contribution in [1.82, 2.24) is 39.9 Å². The van der Waals surface area contributed by atoms with E-state index in [1.54, 1.807) is 0 Å². The first-order chi connectivity index (χ1) is 21.0. The van der Waals surface area contributed by atoms with E-state index in [2.05, 4.69) is 0 Å². The van der Waals surface area contributed by atoms with Crippen LogP contribution in [0.2, 0.25) is 0 Å². The SMILES string of the molecule is O=C([O-])c1cc(=O)[nH]c(=O)[nH]1.O=C([O-])c1cc(=O)[nH]c(=O)[nH]1.O=C([O][Pb][O]C(=O)c1cc(=O)[nH]c(=O)[nH]1)c1cc(=O)[nH]c(=O)[nH]1.[Mg+2]. The number of aromatic carboxylic acids is 2.